The van der Waals surface area contributed by atoms with Crippen LogP contribution in [0.25, 0.3) is 0 Å². The van der Waals surface area contributed by atoms with Crippen molar-refractivity contribution in [1.82, 2.24) is 9.71 Å². The zero-order chi connectivity index (χ0) is 19.8. The van der Waals surface area contributed by atoms with Gasteiger partial charge >= 0.3 is 0 Å². The molecule has 0 aliphatic heterocycles. The number of hydrogen-bond donors (Lipinski definition) is 2. The fourth-order valence-electron chi connectivity index (χ4n) is 2.35. The second-order valence-electron chi connectivity index (χ2n) is 7.49. The Balaban J connectivity index is 1.85. The van der Waals surface area contributed by atoms with Crippen LogP contribution < -0.4 is 14.8 Å². The first kappa shape index (κ1) is 19.8. The van der Waals surface area contributed by atoms with Crippen molar-refractivity contribution in [1.29, 1.82) is 0 Å². The van der Waals surface area contributed by atoms with E-state index < -0.39 is 10.0 Å². The largest absolute Gasteiger partial charge is 0.495 e. The lowest BCUT2D eigenvalue weighted by molar-refractivity contribution is 0.103. The Labute approximate surface area is 163 Å². The Morgan fingerprint density at radius 3 is 2.56 bits per heavy atom. The molecule has 1 aliphatic rings. The van der Waals surface area contributed by atoms with E-state index in [2.05, 4.69) is 15.0 Å². The van der Waals surface area contributed by atoms with E-state index in [9.17, 15) is 13.2 Å². The molecule has 146 valence electrons. The fraction of sp³-hybridized carbons (Fsp3) is 0.444. The maximum Gasteiger partial charge on any atom is 0.267 e. The monoisotopic (exact) mass is 409 g/mol. The average molecular weight is 410 g/mol. The molecule has 0 bridgehead atoms. The first-order valence-corrected chi connectivity index (χ1v) is 10.9. The highest BCUT2D eigenvalue weighted by Gasteiger charge is 2.28. The van der Waals surface area contributed by atoms with Crippen molar-refractivity contribution in [2.45, 2.75) is 50.0 Å². The van der Waals surface area contributed by atoms with Gasteiger partial charge in [-0.05, 0) is 31.0 Å². The van der Waals surface area contributed by atoms with E-state index in [-0.39, 0.29) is 22.3 Å². The van der Waals surface area contributed by atoms with Crippen LogP contribution >= 0.6 is 11.3 Å². The van der Waals surface area contributed by atoms with E-state index >= 15 is 0 Å². The van der Waals surface area contributed by atoms with Crippen molar-refractivity contribution < 1.29 is 17.9 Å². The van der Waals surface area contributed by atoms with Crippen LogP contribution in [0.15, 0.2) is 29.3 Å². The van der Waals surface area contributed by atoms with Gasteiger partial charge in [0.15, 0.2) is 0 Å². The summed E-state index contributed by atoms with van der Waals surface area (Å²) in [6.07, 6.45) is 3.23. The highest BCUT2D eigenvalue weighted by Crippen LogP contribution is 2.31. The molecule has 1 fully saturated rings. The van der Waals surface area contributed by atoms with Crippen LogP contribution in [0.4, 0.5) is 5.69 Å². The third-order valence-corrected chi connectivity index (χ3v) is 6.94. The van der Waals surface area contributed by atoms with E-state index in [0.717, 1.165) is 17.8 Å². The van der Waals surface area contributed by atoms with Gasteiger partial charge in [-0.2, -0.15) is 0 Å². The first-order chi connectivity index (χ1) is 12.6. The van der Waals surface area contributed by atoms with Gasteiger partial charge in [0.25, 0.3) is 5.91 Å². The number of anilines is 1. The van der Waals surface area contributed by atoms with Gasteiger partial charge in [-0.3, -0.25) is 4.79 Å². The summed E-state index contributed by atoms with van der Waals surface area (Å²) in [5.74, 6) is 0.0280. The number of sulfonamides is 1. The SMILES string of the molecule is COc1ccc(S(=O)(=O)NC2CC2)cc1NC(=O)c1cnc(C(C)(C)C)s1. The summed E-state index contributed by atoms with van der Waals surface area (Å²) in [6.45, 7) is 6.08. The van der Waals surface area contributed by atoms with Gasteiger partial charge in [-0.1, -0.05) is 20.8 Å². The standard InChI is InChI=1S/C18H23N3O4S2/c1-18(2,3)17-19-10-15(26-17)16(22)20-13-9-12(7-8-14(13)25-4)27(23,24)21-11-5-6-11/h7-11,21H,5-6H2,1-4H3,(H,20,22). The minimum atomic E-state index is -3.63. The summed E-state index contributed by atoms with van der Waals surface area (Å²) in [5.41, 5.74) is 0.149. The molecule has 1 aliphatic carbocycles. The predicted octanol–water partition coefficient (Wildman–Crippen LogP) is 3.14. The lowest BCUT2D eigenvalue weighted by atomic mass is 9.98. The van der Waals surface area contributed by atoms with Gasteiger partial charge in [-0.15, -0.1) is 11.3 Å². The zero-order valence-electron chi connectivity index (χ0n) is 15.7. The number of rotatable bonds is 6. The molecule has 0 radical (unpaired) electrons. The van der Waals surface area contributed by atoms with Crippen LogP contribution in [-0.2, 0) is 15.4 Å². The summed E-state index contributed by atoms with van der Waals surface area (Å²) >= 11 is 1.31. The Morgan fingerprint density at radius 1 is 1.30 bits per heavy atom. The normalized spacial score (nSPS) is 14.8. The van der Waals surface area contributed by atoms with Crippen molar-refractivity contribution in [3.8, 4) is 5.75 Å². The van der Waals surface area contributed by atoms with Crippen molar-refractivity contribution >= 4 is 33.0 Å². The molecule has 7 nitrogen and oxygen atoms in total. The smallest absolute Gasteiger partial charge is 0.267 e. The number of benzene rings is 1. The fourth-order valence-corrected chi connectivity index (χ4v) is 4.55. The van der Waals surface area contributed by atoms with Crippen LogP contribution in [-0.4, -0.2) is 32.5 Å². The molecule has 9 heteroatoms. The maximum absolute atomic E-state index is 12.6. The summed E-state index contributed by atoms with van der Waals surface area (Å²) in [5, 5.41) is 3.59. The topological polar surface area (TPSA) is 97.4 Å². The maximum atomic E-state index is 12.6. The Bertz CT molecular complexity index is 957. The highest BCUT2D eigenvalue weighted by molar-refractivity contribution is 7.89. The molecule has 1 aromatic heterocycles. The summed E-state index contributed by atoms with van der Waals surface area (Å²) in [6, 6.07) is 4.41. The molecule has 0 spiro atoms. The number of thiazole rings is 1. The molecular weight excluding hydrogens is 386 g/mol. The Hall–Kier alpha value is -1.97. The molecular formula is C18H23N3O4S2. The van der Waals surface area contributed by atoms with Crippen LogP contribution in [0.5, 0.6) is 5.75 Å². The lowest BCUT2D eigenvalue weighted by Gasteiger charge is -2.13. The molecule has 0 unspecified atom stereocenters. The first-order valence-electron chi connectivity index (χ1n) is 8.58. The summed E-state index contributed by atoms with van der Waals surface area (Å²) in [7, 11) is -2.16. The Kier molecular flexibility index (Phi) is 5.29. The Morgan fingerprint density at radius 2 is 2.00 bits per heavy atom. The van der Waals surface area contributed by atoms with Gasteiger partial charge in [0.2, 0.25) is 10.0 Å². The van der Waals surface area contributed by atoms with Crippen LogP contribution in [0.1, 0.15) is 48.3 Å². The molecule has 1 saturated carbocycles. The van der Waals surface area contributed by atoms with E-state index in [0.29, 0.717) is 16.3 Å². The van der Waals surface area contributed by atoms with Gasteiger partial charge < -0.3 is 10.1 Å². The van der Waals surface area contributed by atoms with E-state index in [1.54, 1.807) is 0 Å². The average Bonchev–Trinajstić information content (AvgIpc) is 3.23. The molecule has 1 amide bonds. The van der Waals surface area contributed by atoms with E-state index in [1.165, 1.54) is 42.8 Å². The number of hydrogen-bond acceptors (Lipinski definition) is 6. The second kappa shape index (κ2) is 7.21. The van der Waals surface area contributed by atoms with Crippen LogP contribution in [0.2, 0.25) is 0 Å². The van der Waals surface area contributed by atoms with Crippen molar-refractivity contribution in [2.24, 2.45) is 0 Å². The minimum absolute atomic E-state index is 0.00292. The van der Waals surface area contributed by atoms with Gasteiger partial charge in [0, 0.05) is 11.5 Å². The number of aromatic nitrogens is 1. The number of ether oxygens (including phenoxy) is 1. The van der Waals surface area contributed by atoms with Gasteiger partial charge in [-0.25, -0.2) is 18.1 Å². The van der Waals surface area contributed by atoms with Crippen LogP contribution in [0, 0.1) is 0 Å². The predicted molar refractivity (Wildman–Crippen MR) is 105 cm³/mol. The van der Waals surface area contributed by atoms with E-state index in [1.807, 2.05) is 20.8 Å². The molecule has 0 saturated heterocycles. The number of nitrogens with one attached hydrogen (secondary N) is 2. The van der Waals surface area contributed by atoms with Crippen molar-refractivity contribution in [2.75, 3.05) is 12.4 Å². The second-order valence-corrected chi connectivity index (χ2v) is 10.2. The van der Waals surface area contributed by atoms with Gasteiger partial charge in [0.05, 0.1) is 28.9 Å². The number of carbonyl (C=O) groups excluding carboxylic acids is 1. The molecule has 1 aromatic carbocycles. The third kappa shape index (κ3) is 4.66. The van der Waals surface area contributed by atoms with Crippen molar-refractivity contribution in [3.05, 3.63) is 34.3 Å². The zero-order valence-corrected chi connectivity index (χ0v) is 17.3. The molecule has 1 heterocycles. The van der Waals surface area contributed by atoms with Crippen molar-refractivity contribution in [3.63, 3.8) is 0 Å². The van der Waals surface area contributed by atoms with Gasteiger partial charge in [0.1, 0.15) is 10.6 Å². The summed E-state index contributed by atoms with van der Waals surface area (Å²) < 4.78 is 32.8. The highest BCUT2D eigenvalue weighted by atomic mass is 32.2. The molecule has 3 rings (SSSR count). The van der Waals surface area contributed by atoms with E-state index in [4.69, 9.17) is 4.74 Å². The molecule has 2 N–H and O–H groups in total. The number of carbonyl (C=O) groups is 1. The number of amides is 1. The summed E-state index contributed by atoms with van der Waals surface area (Å²) in [4.78, 5) is 17.5. The quantitative estimate of drug-likeness (QED) is 0.764. The third-order valence-electron chi connectivity index (χ3n) is 4.00. The lowest BCUT2D eigenvalue weighted by Crippen LogP contribution is -2.25. The molecule has 0 atom stereocenters. The number of nitrogens with zero attached hydrogens (tertiary/aromatic N) is 1. The number of methoxy groups -OCH3 is 1. The van der Waals surface area contributed by atoms with Crippen LogP contribution in [0.3, 0.4) is 0 Å². The minimum Gasteiger partial charge on any atom is -0.495 e. The molecule has 27 heavy (non-hydrogen) atoms. The molecule has 2 aromatic rings.